The second-order valence-corrected chi connectivity index (χ2v) is 5.83. The fourth-order valence-corrected chi connectivity index (χ4v) is 3.04. The Morgan fingerprint density at radius 1 is 1.10 bits per heavy atom. The molecule has 0 bridgehead atoms. The monoisotopic (exact) mass is 284 g/mol. The van der Waals surface area contributed by atoms with Crippen molar-refractivity contribution >= 4 is 5.82 Å². The third-order valence-electron chi connectivity index (χ3n) is 4.40. The smallest absolute Gasteiger partial charge is 0.128 e. The van der Waals surface area contributed by atoms with Gasteiger partial charge in [0.15, 0.2) is 0 Å². The number of likely N-dealkylation sites (N-methyl/N-ethyl adjacent to an activating group) is 1. The van der Waals surface area contributed by atoms with Gasteiger partial charge in [0, 0.05) is 56.6 Å². The molecule has 110 valence electrons. The summed E-state index contributed by atoms with van der Waals surface area (Å²) < 4.78 is 0. The molecule has 4 rings (SSSR count). The molecule has 0 aliphatic carbocycles. The van der Waals surface area contributed by atoms with Gasteiger partial charge in [-0.2, -0.15) is 5.10 Å². The van der Waals surface area contributed by atoms with Crippen LogP contribution in [0.15, 0.2) is 18.3 Å². The predicted octanol–water partition coefficient (Wildman–Crippen LogP) is 0.827. The number of nitrogens with one attached hydrogen (secondary N) is 2. The van der Waals surface area contributed by atoms with Crippen molar-refractivity contribution in [2.75, 3.05) is 38.1 Å². The van der Waals surface area contributed by atoms with Crippen LogP contribution in [0.25, 0.3) is 11.3 Å². The molecule has 2 aromatic rings. The number of fused-ring (bicyclic) bond motifs is 1. The quantitative estimate of drug-likeness (QED) is 0.855. The number of aromatic amines is 1. The number of nitrogens with zero attached hydrogens (tertiary/aromatic N) is 4. The molecule has 2 aliphatic heterocycles. The molecule has 0 aromatic carbocycles. The molecule has 0 radical (unpaired) electrons. The van der Waals surface area contributed by atoms with Crippen LogP contribution in [-0.4, -0.2) is 53.3 Å². The highest BCUT2D eigenvalue weighted by molar-refractivity contribution is 5.65. The van der Waals surface area contributed by atoms with Crippen molar-refractivity contribution in [3.63, 3.8) is 0 Å². The Morgan fingerprint density at radius 2 is 1.95 bits per heavy atom. The molecule has 6 heteroatoms. The molecule has 0 spiro atoms. The van der Waals surface area contributed by atoms with Crippen molar-refractivity contribution in [2.24, 2.45) is 0 Å². The first-order chi connectivity index (χ1) is 10.3. The van der Waals surface area contributed by atoms with Gasteiger partial charge in [-0.05, 0) is 19.2 Å². The van der Waals surface area contributed by atoms with Crippen molar-refractivity contribution in [3.8, 4) is 11.3 Å². The lowest BCUT2D eigenvalue weighted by atomic mass is 10.1. The van der Waals surface area contributed by atoms with Crippen molar-refractivity contribution in [1.82, 2.24) is 25.4 Å². The second kappa shape index (κ2) is 5.13. The molecule has 1 saturated heterocycles. The molecule has 0 amide bonds. The van der Waals surface area contributed by atoms with E-state index in [1.165, 1.54) is 11.3 Å². The third kappa shape index (κ3) is 2.30. The molecule has 0 unspecified atom stereocenters. The molecule has 6 nitrogen and oxygen atoms in total. The first-order valence-corrected chi connectivity index (χ1v) is 7.48. The van der Waals surface area contributed by atoms with Gasteiger partial charge in [0.1, 0.15) is 5.82 Å². The van der Waals surface area contributed by atoms with Gasteiger partial charge in [-0.1, -0.05) is 0 Å². The van der Waals surface area contributed by atoms with Crippen LogP contribution in [-0.2, 0) is 13.1 Å². The van der Waals surface area contributed by atoms with Crippen molar-refractivity contribution in [2.45, 2.75) is 13.1 Å². The minimum Gasteiger partial charge on any atom is -0.354 e. The highest BCUT2D eigenvalue weighted by atomic mass is 15.3. The Morgan fingerprint density at radius 3 is 2.71 bits per heavy atom. The SMILES string of the molecule is CN1CCN(c2ccc(-c3n[nH]c4c3CNC4)cn2)CC1. The van der Waals surface area contributed by atoms with Gasteiger partial charge >= 0.3 is 0 Å². The number of piperazine rings is 1. The Hall–Kier alpha value is -1.92. The summed E-state index contributed by atoms with van der Waals surface area (Å²) in [7, 11) is 2.17. The average molecular weight is 284 g/mol. The van der Waals surface area contributed by atoms with E-state index in [0.29, 0.717) is 0 Å². The van der Waals surface area contributed by atoms with E-state index in [4.69, 9.17) is 0 Å². The molecular formula is C15H20N6. The first-order valence-electron chi connectivity index (χ1n) is 7.48. The summed E-state index contributed by atoms with van der Waals surface area (Å²) in [5.41, 5.74) is 4.61. The van der Waals surface area contributed by atoms with E-state index in [1.54, 1.807) is 0 Å². The van der Waals surface area contributed by atoms with Gasteiger partial charge in [-0.15, -0.1) is 0 Å². The molecule has 2 aromatic heterocycles. The van der Waals surface area contributed by atoms with E-state index >= 15 is 0 Å². The largest absolute Gasteiger partial charge is 0.354 e. The molecule has 4 heterocycles. The van der Waals surface area contributed by atoms with Crippen LogP contribution < -0.4 is 10.2 Å². The van der Waals surface area contributed by atoms with Crippen LogP contribution in [0.4, 0.5) is 5.82 Å². The maximum absolute atomic E-state index is 4.64. The second-order valence-electron chi connectivity index (χ2n) is 5.83. The Kier molecular flexibility index (Phi) is 3.12. The molecule has 1 fully saturated rings. The Bertz CT molecular complexity index is 624. The maximum atomic E-state index is 4.64. The fourth-order valence-electron chi connectivity index (χ4n) is 3.04. The zero-order valence-electron chi connectivity index (χ0n) is 12.3. The van der Waals surface area contributed by atoms with Crippen LogP contribution in [0.1, 0.15) is 11.3 Å². The Labute approximate surface area is 124 Å². The van der Waals surface area contributed by atoms with Crippen molar-refractivity contribution in [1.29, 1.82) is 0 Å². The normalized spacial score (nSPS) is 19.0. The summed E-state index contributed by atoms with van der Waals surface area (Å²) in [4.78, 5) is 9.34. The van der Waals surface area contributed by atoms with Gasteiger partial charge in [0.25, 0.3) is 0 Å². The zero-order chi connectivity index (χ0) is 14.2. The summed E-state index contributed by atoms with van der Waals surface area (Å²) in [6.45, 7) is 6.07. The van der Waals surface area contributed by atoms with Gasteiger partial charge in [0.05, 0.1) is 11.4 Å². The molecule has 0 saturated carbocycles. The van der Waals surface area contributed by atoms with Crippen LogP contribution in [0.3, 0.4) is 0 Å². The van der Waals surface area contributed by atoms with E-state index in [-0.39, 0.29) is 0 Å². The van der Waals surface area contributed by atoms with Crippen LogP contribution >= 0.6 is 0 Å². The number of pyridine rings is 1. The number of hydrogen-bond acceptors (Lipinski definition) is 5. The average Bonchev–Trinajstić information content (AvgIpc) is 3.11. The highest BCUT2D eigenvalue weighted by Crippen LogP contribution is 2.27. The molecule has 2 N–H and O–H groups in total. The first kappa shape index (κ1) is 12.8. The zero-order valence-corrected chi connectivity index (χ0v) is 12.3. The topological polar surface area (TPSA) is 60.1 Å². The number of anilines is 1. The highest BCUT2D eigenvalue weighted by Gasteiger charge is 2.20. The molecule has 0 atom stereocenters. The van der Waals surface area contributed by atoms with Crippen LogP contribution in [0.5, 0.6) is 0 Å². The fraction of sp³-hybridized carbons (Fsp3) is 0.467. The third-order valence-corrected chi connectivity index (χ3v) is 4.40. The summed E-state index contributed by atoms with van der Waals surface area (Å²) in [5.74, 6) is 1.07. The number of aromatic nitrogens is 3. The van der Waals surface area contributed by atoms with Crippen molar-refractivity contribution < 1.29 is 0 Å². The lowest BCUT2D eigenvalue weighted by Gasteiger charge is -2.33. The maximum Gasteiger partial charge on any atom is 0.128 e. The summed E-state index contributed by atoms with van der Waals surface area (Å²) in [6.07, 6.45) is 1.95. The lowest BCUT2D eigenvalue weighted by molar-refractivity contribution is 0.312. The number of H-pyrrole nitrogens is 1. The van der Waals surface area contributed by atoms with E-state index < -0.39 is 0 Å². The number of hydrogen-bond donors (Lipinski definition) is 2. The van der Waals surface area contributed by atoms with Crippen molar-refractivity contribution in [3.05, 3.63) is 29.6 Å². The standard InChI is InChI=1S/C15H20N6/c1-20-4-6-21(7-5-20)14-3-2-11(8-17-14)15-12-9-16-10-13(12)18-19-15/h2-3,8,16H,4-7,9-10H2,1H3,(H,18,19). The summed E-state index contributed by atoms with van der Waals surface area (Å²) in [6, 6.07) is 4.25. The Balaban J connectivity index is 1.56. The minimum atomic E-state index is 0.884. The van der Waals surface area contributed by atoms with Crippen LogP contribution in [0, 0.1) is 0 Å². The summed E-state index contributed by atoms with van der Waals surface area (Å²) in [5, 5.41) is 10.9. The molecular weight excluding hydrogens is 264 g/mol. The van der Waals surface area contributed by atoms with Gasteiger partial charge in [-0.25, -0.2) is 4.98 Å². The number of rotatable bonds is 2. The van der Waals surface area contributed by atoms with E-state index in [2.05, 4.69) is 49.5 Å². The van der Waals surface area contributed by atoms with Gasteiger partial charge < -0.3 is 15.1 Å². The predicted molar refractivity (Wildman–Crippen MR) is 82.1 cm³/mol. The lowest BCUT2D eigenvalue weighted by Crippen LogP contribution is -2.44. The molecule has 21 heavy (non-hydrogen) atoms. The van der Waals surface area contributed by atoms with E-state index in [0.717, 1.165) is 56.3 Å². The van der Waals surface area contributed by atoms with Gasteiger partial charge in [0.2, 0.25) is 0 Å². The summed E-state index contributed by atoms with van der Waals surface area (Å²) >= 11 is 0. The molecule has 2 aliphatic rings. The van der Waals surface area contributed by atoms with E-state index in [1.807, 2.05) is 6.20 Å². The van der Waals surface area contributed by atoms with E-state index in [9.17, 15) is 0 Å². The van der Waals surface area contributed by atoms with Gasteiger partial charge in [-0.3, -0.25) is 5.10 Å². The minimum absolute atomic E-state index is 0.884. The van der Waals surface area contributed by atoms with Crippen LogP contribution in [0.2, 0.25) is 0 Å².